The Morgan fingerprint density at radius 2 is 1.92 bits per heavy atom. The molecule has 0 spiro atoms. The molecule has 0 aliphatic rings. The van der Waals surface area contributed by atoms with Crippen LogP contribution in [0.15, 0.2) is 47.5 Å². The standard InChI is InChI=1S/C18H22N4O3.HI/c1-13-7-8-15(17(9-13)25-3)12-21-18(19-2)20-11-14-5-4-6-16(10-14)22(23)24;/h4-10H,11-12H2,1-3H3,(H2,19,20,21);1H. The van der Waals surface area contributed by atoms with Gasteiger partial charge in [-0.25, -0.2) is 0 Å². The van der Waals surface area contributed by atoms with E-state index in [-0.39, 0.29) is 29.7 Å². The van der Waals surface area contributed by atoms with E-state index in [0.717, 1.165) is 22.4 Å². The molecule has 2 N–H and O–H groups in total. The molecule has 0 fully saturated rings. The van der Waals surface area contributed by atoms with Gasteiger partial charge in [0.25, 0.3) is 5.69 Å². The Balaban J connectivity index is 0.00000338. The van der Waals surface area contributed by atoms with Crippen LogP contribution >= 0.6 is 24.0 Å². The van der Waals surface area contributed by atoms with Crippen molar-refractivity contribution in [2.75, 3.05) is 14.2 Å². The normalized spacial score (nSPS) is 10.7. The summed E-state index contributed by atoms with van der Waals surface area (Å²) in [4.78, 5) is 14.6. The van der Waals surface area contributed by atoms with Crippen molar-refractivity contribution in [1.82, 2.24) is 10.6 Å². The number of nitro groups is 1. The molecule has 2 aromatic rings. The monoisotopic (exact) mass is 470 g/mol. The maximum Gasteiger partial charge on any atom is 0.269 e. The highest BCUT2D eigenvalue weighted by atomic mass is 127. The lowest BCUT2D eigenvalue weighted by molar-refractivity contribution is -0.384. The van der Waals surface area contributed by atoms with Crippen LogP contribution in [0, 0.1) is 17.0 Å². The topological polar surface area (TPSA) is 88.8 Å². The van der Waals surface area contributed by atoms with Gasteiger partial charge < -0.3 is 15.4 Å². The first-order chi connectivity index (χ1) is 12.0. The van der Waals surface area contributed by atoms with Crippen molar-refractivity contribution < 1.29 is 9.66 Å². The average Bonchev–Trinajstić information content (AvgIpc) is 2.62. The van der Waals surface area contributed by atoms with Crippen molar-refractivity contribution >= 4 is 35.6 Å². The van der Waals surface area contributed by atoms with E-state index in [0.29, 0.717) is 19.0 Å². The van der Waals surface area contributed by atoms with Gasteiger partial charge in [0.1, 0.15) is 5.75 Å². The highest BCUT2D eigenvalue weighted by Crippen LogP contribution is 2.19. The fraction of sp³-hybridized carbons (Fsp3) is 0.278. The van der Waals surface area contributed by atoms with Gasteiger partial charge in [0.2, 0.25) is 0 Å². The van der Waals surface area contributed by atoms with E-state index in [1.165, 1.54) is 6.07 Å². The second kappa shape index (κ2) is 10.6. The predicted molar refractivity (Wildman–Crippen MR) is 113 cm³/mol. The van der Waals surface area contributed by atoms with Crippen molar-refractivity contribution in [3.8, 4) is 5.75 Å². The van der Waals surface area contributed by atoms with Gasteiger partial charge in [-0.05, 0) is 24.1 Å². The Kier molecular flexibility index (Phi) is 8.83. The molecule has 2 aromatic carbocycles. The summed E-state index contributed by atoms with van der Waals surface area (Å²) >= 11 is 0. The van der Waals surface area contributed by atoms with Gasteiger partial charge in [-0.1, -0.05) is 24.3 Å². The summed E-state index contributed by atoms with van der Waals surface area (Å²) in [5.41, 5.74) is 3.04. The number of hydrogen-bond acceptors (Lipinski definition) is 4. The molecule has 0 unspecified atom stereocenters. The lowest BCUT2D eigenvalue weighted by Crippen LogP contribution is -2.36. The second-order valence-electron chi connectivity index (χ2n) is 5.52. The zero-order chi connectivity index (χ0) is 18.2. The summed E-state index contributed by atoms with van der Waals surface area (Å²) in [5.74, 6) is 1.43. The fourth-order valence-electron chi connectivity index (χ4n) is 2.36. The minimum atomic E-state index is -0.403. The van der Waals surface area contributed by atoms with Crippen molar-refractivity contribution in [1.29, 1.82) is 0 Å². The molecule has 0 amide bonds. The van der Waals surface area contributed by atoms with Gasteiger partial charge in [-0.2, -0.15) is 0 Å². The molecule has 0 radical (unpaired) electrons. The van der Waals surface area contributed by atoms with E-state index in [4.69, 9.17) is 4.74 Å². The van der Waals surface area contributed by atoms with E-state index in [2.05, 4.69) is 15.6 Å². The summed E-state index contributed by atoms with van der Waals surface area (Å²) in [6, 6.07) is 12.5. The number of halogens is 1. The molecule has 0 atom stereocenters. The van der Waals surface area contributed by atoms with Crippen LogP contribution in [0.3, 0.4) is 0 Å². The molecule has 26 heavy (non-hydrogen) atoms. The number of guanidine groups is 1. The molecule has 0 heterocycles. The molecule has 2 rings (SSSR count). The first-order valence-electron chi connectivity index (χ1n) is 7.85. The van der Waals surface area contributed by atoms with Gasteiger partial charge in [-0.15, -0.1) is 24.0 Å². The number of aryl methyl sites for hydroxylation is 1. The molecular weight excluding hydrogens is 447 g/mol. The van der Waals surface area contributed by atoms with Crippen LogP contribution in [0.25, 0.3) is 0 Å². The van der Waals surface area contributed by atoms with Crippen LogP contribution in [-0.2, 0) is 13.1 Å². The third-order valence-corrected chi connectivity index (χ3v) is 3.69. The van der Waals surface area contributed by atoms with Gasteiger partial charge >= 0.3 is 0 Å². The van der Waals surface area contributed by atoms with E-state index >= 15 is 0 Å². The van der Waals surface area contributed by atoms with Gasteiger partial charge in [-0.3, -0.25) is 15.1 Å². The summed E-state index contributed by atoms with van der Waals surface area (Å²) in [7, 11) is 3.32. The van der Waals surface area contributed by atoms with Gasteiger partial charge in [0.05, 0.1) is 12.0 Å². The Labute approximate surface area is 170 Å². The van der Waals surface area contributed by atoms with Crippen molar-refractivity contribution in [3.63, 3.8) is 0 Å². The van der Waals surface area contributed by atoms with Gasteiger partial charge in [0.15, 0.2) is 5.96 Å². The molecule has 7 nitrogen and oxygen atoms in total. The van der Waals surface area contributed by atoms with E-state index < -0.39 is 4.92 Å². The smallest absolute Gasteiger partial charge is 0.269 e. The SMILES string of the molecule is CN=C(NCc1cccc([N+](=O)[O-])c1)NCc1ccc(C)cc1OC.I. The number of non-ortho nitro benzene ring substituents is 1. The molecule has 0 aliphatic carbocycles. The van der Waals surface area contributed by atoms with E-state index in [1.807, 2.05) is 31.2 Å². The zero-order valence-electron chi connectivity index (χ0n) is 15.0. The quantitative estimate of drug-likeness (QED) is 0.222. The predicted octanol–water partition coefficient (Wildman–Crippen LogP) is 3.40. The molecule has 0 saturated carbocycles. The molecule has 140 valence electrons. The summed E-state index contributed by atoms with van der Waals surface area (Å²) < 4.78 is 5.39. The van der Waals surface area contributed by atoms with Crippen LogP contribution in [0.5, 0.6) is 5.75 Å². The first-order valence-corrected chi connectivity index (χ1v) is 7.85. The van der Waals surface area contributed by atoms with E-state index in [1.54, 1.807) is 26.3 Å². The number of methoxy groups -OCH3 is 1. The Bertz CT molecular complexity index is 781. The summed E-state index contributed by atoms with van der Waals surface area (Å²) in [6.07, 6.45) is 0. The average molecular weight is 470 g/mol. The number of benzene rings is 2. The Hall–Kier alpha value is -2.36. The lowest BCUT2D eigenvalue weighted by Gasteiger charge is -2.14. The summed E-state index contributed by atoms with van der Waals surface area (Å²) in [5, 5.41) is 17.2. The number of rotatable bonds is 6. The van der Waals surface area contributed by atoms with Crippen LogP contribution in [-0.4, -0.2) is 25.0 Å². The fourth-order valence-corrected chi connectivity index (χ4v) is 2.36. The van der Waals surface area contributed by atoms with Crippen LogP contribution in [0.4, 0.5) is 5.69 Å². The number of ether oxygens (including phenoxy) is 1. The minimum Gasteiger partial charge on any atom is -0.496 e. The molecule has 0 aliphatic heterocycles. The molecule has 0 bridgehead atoms. The Morgan fingerprint density at radius 1 is 1.19 bits per heavy atom. The summed E-state index contributed by atoms with van der Waals surface area (Å²) in [6.45, 7) is 3.00. The second-order valence-corrected chi connectivity index (χ2v) is 5.52. The number of aliphatic imine (C=N–C) groups is 1. The van der Waals surface area contributed by atoms with Crippen LogP contribution < -0.4 is 15.4 Å². The van der Waals surface area contributed by atoms with Gasteiger partial charge in [0, 0.05) is 37.8 Å². The minimum absolute atomic E-state index is 0. The number of hydrogen-bond donors (Lipinski definition) is 2. The first kappa shape index (κ1) is 21.7. The highest BCUT2D eigenvalue weighted by molar-refractivity contribution is 14.0. The lowest BCUT2D eigenvalue weighted by atomic mass is 10.1. The maximum absolute atomic E-state index is 10.8. The maximum atomic E-state index is 10.8. The third-order valence-electron chi connectivity index (χ3n) is 3.69. The third kappa shape index (κ3) is 6.17. The van der Waals surface area contributed by atoms with Crippen molar-refractivity contribution in [2.45, 2.75) is 20.0 Å². The van der Waals surface area contributed by atoms with Crippen LogP contribution in [0.1, 0.15) is 16.7 Å². The highest BCUT2D eigenvalue weighted by Gasteiger charge is 2.07. The van der Waals surface area contributed by atoms with Crippen molar-refractivity contribution in [3.05, 3.63) is 69.3 Å². The molecule has 0 saturated heterocycles. The van der Waals surface area contributed by atoms with Crippen molar-refractivity contribution in [2.24, 2.45) is 4.99 Å². The largest absolute Gasteiger partial charge is 0.496 e. The molecule has 0 aromatic heterocycles. The van der Waals surface area contributed by atoms with Crippen LogP contribution in [0.2, 0.25) is 0 Å². The number of nitrogens with zero attached hydrogens (tertiary/aromatic N) is 2. The molecular formula is C18H23IN4O3. The Morgan fingerprint density at radius 3 is 2.58 bits per heavy atom. The number of nitrogens with one attached hydrogen (secondary N) is 2. The van der Waals surface area contributed by atoms with E-state index in [9.17, 15) is 10.1 Å². The molecule has 8 heteroatoms. The zero-order valence-corrected chi connectivity index (χ0v) is 17.3. The number of nitro benzene ring substituents is 1.